The first kappa shape index (κ1) is 14.3. The summed E-state index contributed by atoms with van der Waals surface area (Å²) in [4.78, 5) is 16.1. The molecule has 1 aromatic heterocycles. The summed E-state index contributed by atoms with van der Waals surface area (Å²) in [6.07, 6.45) is 0.975. The van der Waals surface area contributed by atoms with E-state index in [9.17, 15) is 4.79 Å². The molecule has 1 rings (SSSR count). The fourth-order valence-corrected chi connectivity index (χ4v) is 1.47. The number of guanidine groups is 1. The predicted octanol–water partition coefficient (Wildman–Crippen LogP) is 0.897. The van der Waals surface area contributed by atoms with Gasteiger partial charge in [-0.25, -0.2) is 4.99 Å². The summed E-state index contributed by atoms with van der Waals surface area (Å²) in [6, 6.07) is 4.00. The predicted molar refractivity (Wildman–Crippen MR) is 74.6 cm³/mol. The molecule has 0 aliphatic rings. The molecule has 5 heteroatoms. The number of nitrogens with two attached hydrogens (primary N) is 1. The van der Waals surface area contributed by atoms with E-state index < -0.39 is 0 Å². The smallest absolute Gasteiger partial charge is 0.255 e. The van der Waals surface area contributed by atoms with E-state index in [2.05, 4.69) is 17.2 Å². The largest absolute Gasteiger partial charge is 0.370 e. The zero-order valence-electron chi connectivity index (χ0n) is 11.5. The maximum Gasteiger partial charge on any atom is 0.255 e. The van der Waals surface area contributed by atoms with Crippen LogP contribution in [0.3, 0.4) is 0 Å². The van der Waals surface area contributed by atoms with Crippen LogP contribution in [0.2, 0.25) is 0 Å². The highest BCUT2D eigenvalue weighted by Crippen LogP contribution is 1.98. The molecular formula is C13H22N4O. The van der Waals surface area contributed by atoms with Gasteiger partial charge in [-0.15, -0.1) is 0 Å². The third-order valence-electron chi connectivity index (χ3n) is 3.06. The van der Waals surface area contributed by atoms with E-state index in [0.717, 1.165) is 12.1 Å². The maximum absolute atomic E-state index is 11.9. The number of nitrogens with one attached hydrogen (secondary N) is 1. The Morgan fingerprint density at radius 3 is 2.83 bits per heavy atom. The van der Waals surface area contributed by atoms with Gasteiger partial charge in [0.25, 0.3) is 5.56 Å². The quantitative estimate of drug-likeness (QED) is 0.616. The van der Waals surface area contributed by atoms with Crippen LogP contribution in [-0.2, 0) is 13.6 Å². The number of hydrogen-bond donors (Lipinski definition) is 2. The lowest BCUT2D eigenvalue weighted by Gasteiger charge is -2.11. The summed E-state index contributed by atoms with van der Waals surface area (Å²) in [7, 11) is 1.76. The SMILES string of the molecule is CCC(C)NC(N)=NCc1ccc(C)n(C)c1=O. The molecule has 0 saturated heterocycles. The summed E-state index contributed by atoms with van der Waals surface area (Å²) >= 11 is 0. The molecule has 0 aliphatic carbocycles. The minimum Gasteiger partial charge on any atom is -0.370 e. The van der Waals surface area contributed by atoms with Gasteiger partial charge in [0, 0.05) is 24.3 Å². The van der Waals surface area contributed by atoms with Gasteiger partial charge in [0.1, 0.15) is 0 Å². The van der Waals surface area contributed by atoms with Crippen LogP contribution in [0, 0.1) is 6.92 Å². The molecule has 0 saturated carbocycles. The van der Waals surface area contributed by atoms with Gasteiger partial charge < -0.3 is 15.6 Å². The summed E-state index contributed by atoms with van der Waals surface area (Å²) < 4.78 is 1.61. The van der Waals surface area contributed by atoms with Gasteiger partial charge in [0.15, 0.2) is 5.96 Å². The molecule has 100 valence electrons. The Kier molecular flexibility index (Phi) is 4.95. The molecule has 0 radical (unpaired) electrons. The van der Waals surface area contributed by atoms with Crippen LogP contribution in [0.25, 0.3) is 0 Å². The van der Waals surface area contributed by atoms with Gasteiger partial charge in [-0.05, 0) is 32.4 Å². The molecule has 0 aliphatic heterocycles. The number of hydrogen-bond acceptors (Lipinski definition) is 2. The molecule has 3 N–H and O–H groups in total. The molecule has 0 spiro atoms. The van der Waals surface area contributed by atoms with Crippen molar-refractivity contribution < 1.29 is 0 Å². The number of aliphatic imine (C=N–C) groups is 1. The molecule has 18 heavy (non-hydrogen) atoms. The van der Waals surface area contributed by atoms with Crippen LogP contribution in [0.15, 0.2) is 21.9 Å². The fourth-order valence-electron chi connectivity index (χ4n) is 1.47. The number of nitrogens with zero attached hydrogens (tertiary/aromatic N) is 2. The Morgan fingerprint density at radius 1 is 1.56 bits per heavy atom. The van der Waals surface area contributed by atoms with Gasteiger partial charge >= 0.3 is 0 Å². The maximum atomic E-state index is 11.9. The zero-order valence-corrected chi connectivity index (χ0v) is 11.5. The van der Waals surface area contributed by atoms with Crippen molar-refractivity contribution in [2.45, 2.75) is 39.8 Å². The van der Waals surface area contributed by atoms with Crippen LogP contribution in [-0.4, -0.2) is 16.6 Å². The highest BCUT2D eigenvalue weighted by atomic mass is 16.1. The van der Waals surface area contributed by atoms with Gasteiger partial charge in [-0.1, -0.05) is 6.92 Å². The number of pyridine rings is 1. The second-order valence-electron chi connectivity index (χ2n) is 4.52. The average Bonchev–Trinajstić information content (AvgIpc) is 2.35. The van der Waals surface area contributed by atoms with E-state index >= 15 is 0 Å². The summed E-state index contributed by atoms with van der Waals surface area (Å²) in [6.45, 7) is 6.31. The van der Waals surface area contributed by atoms with Crippen molar-refractivity contribution in [2.75, 3.05) is 0 Å². The van der Waals surface area contributed by atoms with E-state index in [1.54, 1.807) is 17.7 Å². The van der Waals surface area contributed by atoms with Crippen LogP contribution in [0.4, 0.5) is 0 Å². The van der Waals surface area contributed by atoms with Crippen molar-refractivity contribution in [2.24, 2.45) is 17.8 Å². The molecular weight excluding hydrogens is 228 g/mol. The van der Waals surface area contributed by atoms with Crippen LogP contribution in [0.1, 0.15) is 31.5 Å². The van der Waals surface area contributed by atoms with E-state index in [0.29, 0.717) is 18.1 Å². The first-order valence-electron chi connectivity index (χ1n) is 6.17. The van der Waals surface area contributed by atoms with Crippen LogP contribution < -0.4 is 16.6 Å². The molecule has 1 unspecified atom stereocenters. The lowest BCUT2D eigenvalue weighted by Crippen LogP contribution is -2.38. The Hall–Kier alpha value is -1.78. The van der Waals surface area contributed by atoms with Crippen molar-refractivity contribution >= 4 is 5.96 Å². The summed E-state index contributed by atoms with van der Waals surface area (Å²) in [5.74, 6) is 0.381. The van der Waals surface area contributed by atoms with Gasteiger partial charge in [0.2, 0.25) is 0 Å². The first-order valence-corrected chi connectivity index (χ1v) is 6.17. The molecule has 0 fully saturated rings. The summed E-state index contributed by atoms with van der Waals surface area (Å²) in [5.41, 5.74) is 7.31. The van der Waals surface area contributed by atoms with Gasteiger partial charge in [0.05, 0.1) is 6.54 Å². The zero-order chi connectivity index (χ0) is 13.7. The fraction of sp³-hybridized carbons (Fsp3) is 0.538. The lowest BCUT2D eigenvalue weighted by molar-refractivity contribution is 0.636. The van der Waals surface area contributed by atoms with Crippen molar-refractivity contribution in [3.05, 3.63) is 33.7 Å². The minimum absolute atomic E-state index is 0.0184. The topological polar surface area (TPSA) is 72.4 Å². The number of aryl methyl sites for hydroxylation is 1. The van der Waals surface area contributed by atoms with Gasteiger partial charge in [-0.2, -0.15) is 0 Å². The molecule has 1 heterocycles. The van der Waals surface area contributed by atoms with E-state index in [1.807, 2.05) is 19.9 Å². The van der Waals surface area contributed by atoms with E-state index in [4.69, 9.17) is 5.73 Å². The average molecular weight is 250 g/mol. The lowest BCUT2D eigenvalue weighted by atomic mass is 10.2. The standard InChI is InChI=1S/C13H22N4O/c1-5-9(2)16-13(14)15-8-11-7-6-10(3)17(4)12(11)18/h6-7,9H,5,8H2,1-4H3,(H3,14,15,16). The normalized spacial score (nSPS) is 13.4. The van der Waals surface area contributed by atoms with Crippen LogP contribution >= 0.6 is 0 Å². The molecule has 1 aromatic rings. The van der Waals surface area contributed by atoms with Crippen molar-refractivity contribution in [1.29, 1.82) is 0 Å². The van der Waals surface area contributed by atoms with Crippen LogP contribution in [0.5, 0.6) is 0 Å². The van der Waals surface area contributed by atoms with Crippen molar-refractivity contribution in [1.82, 2.24) is 9.88 Å². The molecule has 0 bridgehead atoms. The second kappa shape index (κ2) is 6.23. The third-order valence-corrected chi connectivity index (χ3v) is 3.06. The van der Waals surface area contributed by atoms with Crippen molar-refractivity contribution in [3.63, 3.8) is 0 Å². The molecule has 0 amide bonds. The highest BCUT2D eigenvalue weighted by molar-refractivity contribution is 5.78. The van der Waals surface area contributed by atoms with E-state index in [-0.39, 0.29) is 11.6 Å². The Morgan fingerprint density at radius 2 is 2.22 bits per heavy atom. The number of rotatable bonds is 4. The summed E-state index contributed by atoms with van der Waals surface area (Å²) in [5, 5.41) is 3.06. The first-order chi connectivity index (χ1) is 8.45. The molecule has 5 nitrogen and oxygen atoms in total. The van der Waals surface area contributed by atoms with Crippen molar-refractivity contribution in [3.8, 4) is 0 Å². The third kappa shape index (κ3) is 3.61. The monoisotopic (exact) mass is 250 g/mol. The van der Waals surface area contributed by atoms with Gasteiger partial charge in [-0.3, -0.25) is 4.79 Å². The molecule has 1 atom stereocenters. The Bertz CT molecular complexity index is 490. The Labute approximate surface area is 108 Å². The highest BCUT2D eigenvalue weighted by Gasteiger charge is 2.03. The molecule has 0 aromatic carbocycles. The number of aromatic nitrogens is 1. The Balaban J connectivity index is 2.78. The second-order valence-corrected chi connectivity index (χ2v) is 4.52. The minimum atomic E-state index is -0.0184. The van der Waals surface area contributed by atoms with E-state index in [1.165, 1.54) is 0 Å².